The standard InChI is InChI=1S/C22H41O14P5S/c1-4-42-21-7(2)12(11(23)9(29-21)5-25-37)30-19-17(15-14(32-22(24)33-15)10(28-19)6-26-38)31-20-18(36-41)16(35-40)13(34-39)8(3)27-20/h7-21,23H,4-6,37-41H2,1-3H3/t7?,8?,9?,10?,11-,12+,13-,14-,15-,16-,17?,18?,19-,20-,21-/m0/s1. The van der Waals surface area contributed by atoms with Gasteiger partial charge in [-0.3, -0.25) is 0 Å². The number of carbonyl (C=O) groups is 1. The fourth-order valence-electron chi connectivity index (χ4n) is 5.61. The summed E-state index contributed by atoms with van der Waals surface area (Å²) in [7, 11) is 10.9. The Labute approximate surface area is 261 Å². The molecule has 0 bridgehead atoms. The van der Waals surface area contributed by atoms with Crippen LogP contribution in [0, 0.1) is 5.92 Å². The molecule has 244 valence electrons. The Morgan fingerprint density at radius 3 is 1.98 bits per heavy atom. The molecule has 1 N–H and O–H groups in total. The third-order valence-corrected chi connectivity index (χ3v) is 10.2. The lowest BCUT2D eigenvalue weighted by atomic mass is 9.92. The molecule has 42 heavy (non-hydrogen) atoms. The van der Waals surface area contributed by atoms with Crippen LogP contribution in [-0.2, 0) is 55.8 Å². The van der Waals surface area contributed by atoms with E-state index in [-0.39, 0.29) is 24.6 Å². The van der Waals surface area contributed by atoms with Crippen molar-refractivity contribution in [2.45, 2.75) is 106 Å². The Bertz CT molecular complexity index is 854. The van der Waals surface area contributed by atoms with Crippen molar-refractivity contribution in [3.8, 4) is 0 Å². The fourth-order valence-corrected chi connectivity index (χ4v) is 7.97. The lowest BCUT2D eigenvalue weighted by molar-refractivity contribution is -0.363. The predicted octanol–water partition coefficient (Wildman–Crippen LogP) is 1.74. The number of carbonyl (C=O) groups excluding carboxylic acids is 1. The van der Waals surface area contributed by atoms with Crippen LogP contribution < -0.4 is 0 Å². The third-order valence-electron chi connectivity index (χ3n) is 7.66. The van der Waals surface area contributed by atoms with Gasteiger partial charge in [-0.1, -0.05) is 13.8 Å². The Morgan fingerprint density at radius 2 is 1.36 bits per heavy atom. The van der Waals surface area contributed by atoms with Gasteiger partial charge < -0.3 is 60.9 Å². The second-order valence-electron chi connectivity index (χ2n) is 10.2. The molecule has 0 spiro atoms. The van der Waals surface area contributed by atoms with Crippen LogP contribution in [0.2, 0.25) is 0 Å². The molecule has 20 atom stereocenters. The second-order valence-corrected chi connectivity index (χ2v) is 13.0. The maximum atomic E-state index is 12.4. The zero-order chi connectivity index (χ0) is 30.6. The molecule has 11 unspecified atom stereocenters. The summed E-state index contributed by atoms with van der Waals surface area (Å²) in [4.78, 5) is 12.4. The van der Waals surface area contributed by atoms with Crippen LogP contribution in [0.5, 0.6) is 0 Å². The van der Waals surface area contributed by atoms with Crippen LogP contribution in [-0.4, -0.2) is 115 Å². The maximum Gasteiger partial charge on any atom is 0.509 e. The van der Waals surface area contributed by atoms with Crippen LogP contribution >= 0.6 is 59.1 Å². The Hall–Kier alpha value is 1.33. The summed E-state index contributed by atoms with van der Waals surface area (Å²) in [6, 6.07) is 0. The highest BCUT2D eigenvalue weighted by Crippen LogP contribution is 2.41. The van der Waals surface area contributed by atoms with E-state index in [4.69, 9.17) is 55.8 Å². The summed E-state index contributed by atoms with van der Waals surface area (Å²) in [6.07, 6.45) is -11.6. The van der Waals surface area contributed by atoms with E-state index in [0.717, 1.165) is 5.75 Å². The van der Waals surface area contributed by atoms with E-state index >= 15 is 0 Å². The molecule has 0 aromatic rings. The topological polar surface area (TPSA) is 148 Å². The summed E-state index contributed by atoms with van der Waals surface area (Å²) in [5.41, 5.74) is -0.288. The molecule has 4 heterocycles. The first-order valence-electron chi connectivity index (χ1n) is 13.4. The lowest BCUT2D eigenvalue weighted by Crippen LogP contribution is -2.65. The second kappa shape index (κ2) is 16.9. The first-order chi connectivity index (χ1) is 20.2. The van der Waals surface area contributed by atoms with Crippen molar-refractivity contribution in [3.63, 3.8) is 0 Å². The molecule has 4 aliphatic heterocycles. The van der Waals surface area contributed by atoms with Crippen LogP contribution in [0.25, 0.3) is 0 Å². The van der Waals surface area contributed by atoms with E-state index in [1.807, 2.05) is 13.8 Å². The summed E-state index contributed by atoms with van der Waals surface area (Å²) >= 11 is 1.59. The van der Waals surface area contributed by atoms with Gasteiger partial charge in [0, 0.05) is 53.3 Å². The number of hydrogen-bond acceptors (Lipinski definition) is 15. The van der Waals surface area contributed by atoms with Gasteiger partial charge >= 0.3 is 6.16 Å². The smallest absolute Gasteiger partial charge is 0.424 e. The van der Waals surface area contributed by atoms with Gasteiger partial charge in [0.25, 0.3) is 0 Å². The molecule has 4 rings (SSSR count). The molecule has 0 aromatic heterocycles. The summed E-state index contributed by atoms with van der Waals surface area (Å²) < 4.78 is 69.9. The Kier molecular flexibility index (Phi) is 14.6. The molecule has 4 aliphatic rings. The molecular weight excluding hydrogens is 675 g/mol. The molecule has 4 saturated heterocycles. The van der Waals surface area contributed by atoms with Gasteiger partial charge in [-0.25, -0.2) is 4.79 Å². The van der Waals surface area contributed by atoms with Crippen molar-refractivity contribution in [3.05, 3.63) is 0 Å². The lowest BCUT2D eigenvalue weighted by Gasteiger charge is -2.49. The highest BCUT2D eigenvalue weighted by Gasteiger charge is 2.59. The van der Waals surface area contributed by atoms with Crippen LogP contribution in [0.15, 0.2) is 0 Å². The molecular formula is C22H41O14P5S. The van der Waals surface area contributed by atoms with Crippen molar-refractivity contribution in [2.24, 2.45) is 5.92 Å². The molecule has 0 radical (unpaired) electrons. The quantitative estimate of drug-likeness (QED) is 0.218. The average Bonchev–Trinajstić information content (AvgIpc) is 3.36. The molecule has 0 aliphatic carbocycles. The van der Waals surface area contributed by atoms with Crippen molar-refractivity contribution in [2.75, 3.05) is 19.0 Å². The molecule has 0 saturated carbocycles. The fraction of sp³-hybridized carbons (Fsp3) is 0.955. The van der Waals surface area contributed by atoms with E-state index in [1.54, 1.807) is 18.7 Å². The molecule has 20 heteroatoms. The normalized spacial score (nSPS) is 45.7. The van der Waals surface area contributed by atoms with Crippen molar-refractivity contribution in [1.29, 1.82) is 0 Å². The van der Waals surface area contributed by atoms with Crippen LogP contribution in [0.1, 0.15) is 20.8 Å². The zero-order valence-electron chi connectivity index (χ0n) is 23.3. The molecule has 14 nitrogen and oxygen atoms in total. The molecule has 4 fully saturated rings. The monoisotopic (exact) mass is 716 g/mol. The van der Waals surface area contributed by atoms with Gasteiger partial charge in [-0.2, -0.15) is 0 Å². The Morgan fingerprint density at radius 1 is 0.762 bits per heavy atom. The van der Waals surface area contributed by atoms with E-state index in [0.29, 0.717) is 0 Å². The van der Waals surface area contributed by atoms with Crippen molar-refractivity contribution < 1.29 is 65.7 Å². The van der Waals surface area contributed by atoms with E-state index in [9.17, 15) is 9.90 Å². The summed E-state index contributed by atoms with van der Waals surface area (Å²) in [6.45, 7) is 5.92. The highest BCUT2D eigenvalue weighted by molar-refractivity contribution is 7.99. The number of aliphatic hydroxyl groups is 1. The van der Waals surface area contributed by atoms with Gasteiger partial charge in [-0.15, -0.1) is 11.8 Å². The SMILES string of the molecule is CCS[C@@H]1OC(COP)[C@H](O)[C@H](O[C@@H]2OC(COP)[C@@H]3OC(=O)O[C@@H]3C2O[C@@H]2OC(C)[C@H](OP)[C@H](OP)C2OP)C1C. The van der Waals surface area contributed by atoms with Crippen molar-refractivity contribution >= 4 is 65.3 Å². The third kappa shape index (κ3) is 7.89. The largest absolute Gasteiger partial charge is 0.509 e. The van der Waals surface area contributed by atoms with Gasteiger partial charge in [0.05, 0.1) is 25.4 Å². The number of rotatable bonds is 13. The number of hydrogen-bond donors (Lipinski definition) is 1. The Balaban J connectivity index is 1.65. The van der Waals surface area contributed by atoms with Crippen LogP contribution in [0.3, 0.4) is 0 Å². The van der Waals surface area contributed by atoms with Gasteiger partial charge in [0.1, 0.15) is 42.1 Å². The summed E-state index contributed by atoms with van der Waals surface area (Å²) in [5, 5.41) is 11.3. The minimum atomic E-state index is -1.16. The predicted molar refractivity (Wildman–Crippen MR) is 165 cm³/mol. The number of aliphatic hydroxyl groups excluding tert-OH is 1. The minimum absolute atomic E-state index is 0.0449. The maximum absolute atomic E-state index is 12.4. The number of ether oxygens (including phenoxy) is 7. The molecule has 0 aromatic carbocycles. The highest BCUT2D eigenvalue weighted by atomic mass is 32.2. The van der Waals surface area contributed by atoms with Gasteiger partial charge in [-0.05, 0) is 12.7 Å². The number of thioether (sulfide) groups is 1. The minimum Gasteiger partial charge on any atom is -0.424 e. The van der Waals surface area contributed by atoms with E-state index in [1.165, 1.54) is 0 Å². The number of fused-ring (bicyclic) bond motifs is 1. The van der Waals surface area contributed by atoms with E-state index < -0.39 is 85.9 Å². The van der Waals surface area contributed by atoms with Gasteiger partial charge in [0.2, 0.25) is 0 Å². The summed E-state index contributed by atoms with van der Waals surface area (Å²) in [5.74, 6) is 0.520. The first-order valence-corrected chi connectivity index (χ1v) is 16.8. The van der Waals surface area contributed by atoms with Crippen molar-refractivity contribution in [1.82, 2.24) is 0 Å². The van der Waals surface area contributed by atoms with Gasteiger partial charge in [0.15, 0.2) is 30.9 Å². The van der Waals surface area contributed by atoms with Crippen LogP contribution in [0.4, 0.5) is 4.79 Å². The first kappa shape index (κ1) is 36.2. The molecule has 0 amide bonds. The average molecular weight is 716 g/mol. The van der Waals surface area contributed by atoms with E-state index in [2.05, 4.69) is 47.3 Å². The zero-order valence-corrected chi connectivity index (χ0v) is 29.9.